The van der Waals surface area contributed by atoms with Crippen molar-refractivity contribution in [2.45, 2.75) is 32.6 Å². The molecule has 0 N–H and O–H groups in total. The van der Waals surface area contributed by atoms with Gasteiger partial charge < -0.3 is 9.64 Å². The first-order valence-electron chi connectivity index (χ1n) is 6.48. The van der Waals surface area contributed by atoms with E-state index in [1.54, 1.807) is 6.33 Å². The van der Waals surface area contributed by atoms with E-state index in [0.717, 1.165) is 25.3 Å². The first-order chi connectivity index (χ1) is 8.34. The van der Waals surface area contributed by atoms with Crippen LogP contribution in [-0.4, -0.2) is 41.1 Å². The number of nitrogens with zero attached hydrogens (tertiary/aromatic N) is 3. The van der Waals surface area contributed by atoms with Crippen LogP contribution in [0.25, 0.3) is 0 Å². The number of aryl methyl sites for hydroxylation is 1. The smallest absolute Gasteiger partial charge is 0.216 e. The van der Waals surface area contributed by atoms with Gasteiger partial charge in [-0.15, -0.1) is 0 Å². The lowest BCUT2D eigenvalue weighted by molar-refractivity contribution is 0.203. The molecular formula is C13H21N3O. The average molecular weight is 235 g/mol. The molecule has 1 aromatic rings. The maximum absolute atomic E-state index is 5.60. The summed E-state index contributed by atoms with van der Waals surface area (Å²) >= 11 is 0. The molecule has 0 saturated carbocycles. The second-order valence-electron chi connectivity index (χ2n) is 4.60. The molecule has 17 heavy (non-hydrogen) atoms. The summed E-state index contributed by atoms with van der Waals surface area (Å²) in [6.45, 7) is 6.35. The lowest BCUT2D eigenvalue weighted by Gasteiger charge is -2.26. The third-order valence-corrected chi connectivity index (χ3v) is 3.10. The van der Waals surface area contributed by atoms with Gasteiger partial charge >= 0.3 is 0 Å². The summed E-state index contributed by atoms with van der Waals surface area (Å²) in [5.74, 6) is 0.691. The van der Waals surface area contributed by atoms with Gasteiger partial charge in [-0.05, 0) is 39.3 Å². The van der Waals surface area contributed by atoms with Crippen LogP contribution in [0.2, 0.25) is 0 Å². The molecule has 1 aliphatic rings. The monoisotopic (exact) mass is 235 g/mol. The van der Waals surface area contributed by atoms with Crippen molar-refractivity contribution in [3.63, 3.8) is 0 Å². The molecule has 1 aromatic heterocycles. The fourth-order valence-corrected chi connectivity index (χ4v) is 2.16. The minimum absolute atomic E-state index is 0.691. The van der Waals surface area contributed by atoms with Gasteiger partial charge in [-0.1, -0.05) is 6.42 Å². The molecule has 0 unspecified atom stereocenters. The lowest BCUT2D eigenvalue weighted by atomic mass is 10.1. The van der Waals surface area contributed by atoms with E-state index in [1.165, 1.54) is 32.4 Å². The minimum atomic E-state index is 0.691. The van der Waals surface area contributed by atoms with Crippen LogP contribution in [0.3, 0.4) is 0 Å². The Morgan fingerprint density at radius 2 is 2.06 bits per heavy atom. The highest BCUT2D eigenvalue weighted by atomic mass is 16.5. The summed E-state index contributed by atoms with van der Waals surface area (Å²) < 4.78 is 5.60. The predicted molar refractivity (Wildman–Crippen MR) is 67.2 cm³/mol. The zero-order chi connectivity index (χ0) is 11.9. The van der Waals surface area contributed by atoms with Gasteiger partial charge in [-0.2, -0.15) is 0 Å². The SMILES string of the molecule is Cc1cc(OCCCN2CCCCC2)ncn1. The van der Waals surface area contributed by atoms with Gasteiger partial charge in [0.2, 0.25) is 5.88 Å². The Morgan fingerprint density at radius 3 is 2.82 bits per heavy atom. The van der Waals surface area contributed by atoms with E-state index in [4.69, 9.17) is 4.74 Å². The molecule has 0 atom stereocenters. The van der Waals surface area contributed by atoms with Crippen molar-refractivity contribution < 1.29 is 4.74 Å². The van der Waals surface area contributed by atoms with Crippen LogP contribution in [0, 0.1) is 6.92 Å². The normalized spacial score (nSPS) is 17.0. The van der Waals surface area contributed by atoms with E-state index in [1.807, 2.05) is 13.0 Å². The molecule has 0 aromatic carbocycles. The first kappa shape index (κ1) is 12.3. The highest BCUT2D eigenvalue weighted by Gasteiger charge is 2.09. The Hall–Kier alpha value is -1.16. The molecule has 0 radical (unpaired) electrons. The zero-order valence-electron chi connectivity index (χ0n) is 10.6. The summed E-state index contributed by atoms with van der Waals surface area (Å²) in [6.07, 6.45) is 6.73. The van der Waals surface area contributed by atoms with Gasteiger partial charge in [-0.25, -0.2) is 9.97 Å². The summed E-state index contributed by atoms with van der Waals surface area (Å²) in [5.41, 5.74) is 0.950. The largest absolute Gasteiger partial charge is 0.478 e. The van der Waals surface area contributed by atoms with Crippen LogP contribution in [0.4, 0.5) is 0 Å². The van der Waals surface area contributed by atoms with E-state index in [0.29, 0.717) is 5.88 Å². The van der Waals surface area contributed by atoms with E-state index < -0.39 is 0 Å². The summed E-state index contributed by atoms with van der Waals surface area (Å²) in [6, 6.07) is 1.88. The Bertz CT molecular complexity index is 337. The number of hydrogen-bond donors (Lipinski definition) is 0. The van der Waals surface area contributed by atoms with E-state index >= 15 is 0 Å². The second-order valence-corrected chi connectivity index (χ2v) is 4.60. The molecule has 1 fully saturated rings. The fourth-order valence-electron chi connectivity index (χ4n) is 2.16. The van der Waals surface area contributed by atoms with Crippen LogP contribution in [0.5, 0.6) is 5.88 Å². The van der Waals surface area contributed by atoms with E-state index in [9.17, 15) is 0 Å². The molecular weight excluding hydrogens is 214 g/mol. The molecule has 94 valence electrons. The van der Waals surface area contributed by atoms with Crippen LogP contribution in [0.1, 0.15) is 31.4 Å². The van der Waals surface area contributed by atoms with Crippen LogP contribution < -0.4 is 4.74 Å². The molecule has 2 heterocycles. The highest BCUT2D eigenvalue weighted by Crippen LogP contribution is 2.09. The molecule has 4 heteroatoms. The Morgan fingerprint density at radius 1 is 1.24 bits per heavy atom. The predicted octanol–water partition coefficient (Wildman–Crippen LogP) is 2.04. The van der Waals surface area contributed by atoms with Gasteiger partial charge in [0.15, 0.2) is 0 Å². The summed E-state index contributed by atoms with van der Waals surface area (Å²) in [5, 5.41) is 0. The lowest BCUT2D eigenvalue weighted by Crippen LogP contribution is -2.31. The van der Waals surface area contributed by atoms with Crippen LogP contribution >= 0.6 is 0 Å². The topological polar surface area (TPSA) is 38.2 Å². The molecule has 0 amide bonds. The summed E-state index contributed by atoms with van der Waals surface area (Å²) in [4.78, 5) is 10.6. The minimum Gasteiger partial charge on any atom is -0.478 e. The Balaban J connectivity index is 1.62. The third-order valence-electron chi connectivity index (χ3n) is 3.10. The van der Waals surface area contributed by atoms with Gasteiger partial charge in [0.1, 0.15) is 6.33 Å². The number of ether oxygens (including phenoxy) is 1. The van der Waals surface area contributed by atoms with Crippen molar-refractivity contribution in [2.24, 2.45) is 0 Å². The Labute approximate surface area is 103 Å². The van der Waals surface area contributed by atoms with Gasteiger partial charge in [-0.3, -0.25) is 0 Å². The van der Waals surface area contributed by atoms with Crippen LogP contribution in [0.15, 0.2) is 12.4 Å². The molecule has 1 aliphatic heterocycles. The van der Waals surface area contributed by atoms with Gasteiger partial charge in [0, 0.05) is 18.3 Å². The molecule has 2 rings (SSSR count). The maximum Gasteiger partial charge on any atom is 0.216 e. The number of hydrogen-bond acceptors (Lipinski definition) is 4. The van der Waals surface area contributed by atoms with Crippen molar-refractivity contribution in [3.05, 3.63) is 18.1 Å². The molecule has 4 nitrogen and oxygen atoms in total. The third kappa shape index (κ3) is 4.30. The molecule has 0 bridgehead atoms. The van der Waals surface area contributed by atoms with Crippen molar-refractivity contribution in [3.8, 4) is 5.88 Å². The average Bonchev–Trinajstić information content (AvgIpc) is 2.36. The number of piperidine rings is 1. The van der Waals surface area contributed by atoms with Crippen molar-refractivity contribution in [1.82, 2.24) is 14.9 Å². The van der Waals surface area contributed by atoms with Gasteiger partial charge in [0.05, 0.1) is 6.61 Å². The highest BCUT2D eigenvalue weighted by molar-refractivity contribution is 5.11. The van der Waals surface area contributed by atoms with Crippen molar-refractivity contribution in [2.75, 3.05) is 26.2 Å². The fraction of sp³-hybridized carbons (Fsp3) is 0.692. The second kappa shape index (κ2) is 6.55. The molecule has 1 saturated heterocycles. The quantitative estimate of drug-likeness (QED) is 0.732. The van der Waals surface area contributed by atoms with E-state index in [-0.39, 0.29) is 0 Å². The van der Waals surface area contributed by atoms with E-state index in [2.05, 4.69) is 14.9 Å². The van der Waals surface area contributed by atoms with Crippen molar-refractivity contribution >= 4 is 0 Å². The van der Waals surface area contributed by atoms with Crippen LogP contribution in [-0.2, 0) is 0 Å². The first-order valence-corrected chi connectivity index (χ1v) is 6.48. The molecule has 0 aliphatic carbocycles. The van der Waals surface area contributed by atoms with Crippen molar-refractivity contribution in [1.29, 1.82) is 0 Å². The number of rotatable bonds is 5. The summed E-state index contributed by atoms with van der Waals surface area (Å²) in [7, 11) is 0. The number of aromatic nitrogens is 2. The zero-order valence-corrected chi connectivity index (χ0v) is 10.6. The Kier molecular flexibility index (Phi) is 4.74. The number of likely N-dealkylation sites (tertiary alicyclic amines) is 1. The van der Waals surface area contributed by atoms with Gasteiger partial charge in [0.25, 0.3) is 0 Å². The maximum atomic E-state index is 5.60. The molecule has 0 spiro atoms. The standard InChI is InChI=1S/C13H21N3O/c1-12-10-13(15-11-14-12)17-9-5-8-16-6-3-2-4-7-16/h10-11H,2-9H2,1H3.